The molecule has 1 heterocycles. The molecule has 0 spiro atoms. The average Bonchev–Trinajstić information content (AvgIpc) is 2.52. The van der Waals surface area contributed by atoms with E-state index in [1.165, 1.54) is 96.8 Å². The SMILES string of the molecule is C1CCC(NCCCN2CCC3CCCCC3C2)CC1. The summed E-state index contributed by atoms with van der Waals surface area (Å²) in [4.78, 5) is 2.76. The summed E-state index contributed by atoms with van der Waals surface area (Å²) in [5.41, 5.74) is 0. The molecule has 3 fully saturated rings. The first-order valence-corrected chi connectivity index (χ1v) is 9.37. The number of hydrogen-bond acceptors (Lipinski definition) is 2. The van der Waals surface area contributed by atoms with Crippen molar-refractivity contribution in [2.24, 2.45) is 11.8 Å². The van der Waals surface area contributed by atoms with Crippen LogP contribution in [-0.2, 0) is 0 Å². The zero-order valence-corrected chi connectivity index (χ0v) is 13.3. The Hall–Kier alpha value is -0.0800. The Bertz CT molecular complexity index is 273. The molecular formula is C18H34N2. The Labute approximate surface area is 125 Å². The van der Waals surface area contributed by atoms with Crippen LogP contribution in [0.3, 0.4) is 0 Å². The number of hydrogen-bond donors (Lipinski definition) is 1. The standard InChI is InChI=1S/C18H34N2/c1-2-9-18(10-3-1)19-12-6-13-20-14-11-16-7-4-5-8-17(16)15-20/h16-19H,1-15H2. The van der Waals surface area contributed by atoms with E-state index in [1.54, 1.807) is 0 Å². The molecule has 2 aliphatic carbocycles. The maximum Gasteiger partial charge on any atom is 0.00670 e. The lowest BCUT2D eigenvalue weighted by molar-refractivity contribution is 0.0859. The topological polar surface area (TPSA) is 15.3 Å². The van der Waals surface area contributed by atoms with E-state index in [2.05, 4.69) is 10.2 Å². The zero-order valence-electron chi connectivity index (χ0n) is 13.3. The van der Waals surface area contributed by atoms with Gasteiger partial charge in [0.2, 0.25) is 0 Å². The molecule has 2 nitrogen and oxygen atoms in total. The molecule has 2 heteroatoms. The van der Waals surface area contributed by atoms with Crippen LogP contribution in [0.15, 0.2) is 0 Å². The third-order valence-corrected chi connectivity index (χ3v) is 6.06. The molecule has 20 heavy (non-hydrogen) atoms. The highest BCUT2D eigenvalue weighted by atomic mass is 15.1. The molecule has 0 aromatic carbocycles. The van der Waals surface area contributed by atoms with Gasteiger partial charge in [0.25, 0.3) is 0 Å². The first-order valence-electron chi connectivity index (χ1n) is 9.37. The minimum absolute atomic E-state index is 0.841. The van der Waals surface area contributed by atoms with E-state index in [0.29, 0.717) is 0 Å². The summed E-state index contributed by atoms with van der Waals surface area (Å²) in [5.74, 6) is 2.13. The molecule has 1 saturated heterocycles. The van der Waals surface area contributed by atoms with Crippen molar-refractivity contribution < 1.29 is 0 Å². The quantitative estimate of drug-likeness (QED) is 0.769. The van der Waals surface area contributed by atoms with E-state index in [4.69, 9.17) is 0 Å². The Morgan fingerprint density at radius 3 is 2.40 bits per heavy atom. The minimum atomic E-state index is 0.841. The van der Waals surface area contributed by atoms with Crippen molar-refractivity contribution >= 4 is 0 Å². The first kappa shape index (κ1) is 14.8. The van der Waals surface area contributed by atoms with Gasteiger partial charge in [0.1, 0.15) is 0 Å². The van der Waals surface area contributed by atoms with Crippen molar-refractivity contribution in [1.29, 1.82) is 0 Å². The minimum Gasteiger partial charge on any atom is -0.314 e. The van der Waals surface area contributed by atoms with Gasteiger partial charge in [-0.3, -0.25) is 0 Å². The lowest BCUT2D eigenvalue weighted by atomic mass is 9.75. The van der Waals surface area contributed by atoms with Crippen LogP contribution in [0.25, 0.3) is 0 Å². The molecule has 0 aromatic heterocycles. The Balaban J connectivity index is 1.28. The summed E-state index contributed by atoms with van der Waals surface area (Å²) < 4.78 is 0. The maximum absolute atomic E-state index is 3.79. The second kappa shape index (κ2) is 7.79. The van der Waals surface area contributed by atoms with E-state index >= 15 is 0 Å². The highest BCUT2D eigenvalue weighted by Crippen LogP contribution is 2.35. The van der Waals surface area contributed by atoms with Crippen LogP contribution >= 0.6 is 0 Å². The van der Waals surface area contributed by atoms with Crippen LogP contribution in [0.1, 0.15) is 70.6 Å². The van der Waals surface area contributed by atoms with Crippen LogP contribution in [0.2, 0.25) is 0 Å². The van der Waals surface area contributed by atoms with Crippen LogP contribution in [0, 0.1) is 11.8 Å². The summed E-state index contributed by atoms with van der Waals surface area (Å²) >= 11 is 0. The number of nitrogens with one attached hydrogen (secondary N) is 1. The van der Waals surface area contributed by atoms with Gasteiger partial charge in [-0.15, -0.1) is 0 Å². The lowest BCUT2D eigenvalue weighted by Gasteiger charge is -2.41. The summed E-state index contributed by atoms with van der Waals surface area (Å²) in [5, 5.41) is 3.79. The van der Waals surface area contributed by atoms with E-state index in [0.717, 1.165) is 17.9 Å². The zero-order chi connectivity index (χ0) is 13.6. The smallest absolute Gasteiger partial charge is 0.00670 e. The van der Waals surface area contributed by atoms with Gasteiger partial charge in [0.05, 0.1) is 0 Å². The molecule has 2 saturated carbocycles. The fourth-order valence-corrected chi connectivity index (χ4v) is 4.79. The van der Waals surface area contributed by atoms with Crippen molar-refractivity contribution in [3.63, 3.8) is 0 Å². The van der Waals surface area contributed by atoms with Crippen molar-refractivity contribution in [2.75, 3.05) is 26.2 Å². The maximum atomic E-state index is 3.79. The summed E-state index contributed by atoms with van der Waals surface area (Å²) in [6, 6.07) is 0.841. The Morgan fingerprint density at radius 2 is 1.55 bits per heavy atom. The van der Waals surface area contributed by atoms with Crippen molar-refractivity contribution in [2.45, 2.75) is 76.7 Å². The molecule has 0 radical (unpaired) electrons. The molecular weight excluding hydrogens is 244 g/mol. The number of rotatable bonds is 5. The molecule has 2 unspecified atom stereocenters. The number of nitrogens with zero attached hydrogens (tertiary/aromatic N) is 1. The molecule has 1 aliphatic heterocycles. The number of fused-ring (bicyclic) bond motifs is 1. The third kappa shape index (κ3) is 4.21. The number of likely N-dealkylation sites (tertiary alicyclic amines) is 1. The third-order valence-electron chi connectivity index (χ3n) is 6.06. The molecule has 0 amide bonds. The molecule has 116 valence electrons. The van der Waals surface area contributed by atoms with Gasteiger partial charge in [-0.25, -0.2) is 0 Å². The Kier molecular flexibility index (Phi) is 5.78. The molecule has 3 rings (SSSR count). The highest BCUT2D eigenvalue weighted by molar-refractivity contribution is 4.83. The monoisotopic (exact) mass is 278 g/mol. The molecule has 3 aliphatic rings. The van der Waals surface area contributed by atoms with E-state index in [1.807, 2.05) is 0 Å². The predicted molar refractivity (Wildman–Crippen MR) is 86.0 cm³/mol. The second-order valence-corrected chi connectivity index (χ2v) is 7.54. The van der Waals surface area contributed by atoms with Crippen LogP contribution in [0.5, 0.6) is 0 Å². The Morgan fingerprint density at radius 1 is 0.800 bits per heavy atom. The van der Waals surface area contributed by atoms with Gasteiger partial charge >= 0.3 is 0 Å². The molecule has 1 N–H and O–H groups in total. The largest absolute Gasteiger partial charge is 0.314 e. The van der Waals surface area contributed by atoms with Crippen molar-refractivity contribution in [1.82, 2.24) is 10.2 Å². The van der Waals surface area contributed by atoms with Gasteiger partial charge < -0.3 is 10.2 Å². The normalized spacial score (nSPS) is 33.0. The molecule has 0 bridgehead atoms. The fourth-order valence-electron chi connectivity index (χ4n) is 4.79. The van der Waals surface area contributed by atoms with Crippen molar-refractivity contribution in [3.8, 4) is 0 Å². The van der Waals surface area contributed by atoms with Crippen LogP contribution in [0.4, 0.5) is 0 Å². The summed E-state index contributed by atoms with van der Waals surface area (Å²) in [7, 11) is 0. The van der Waals surface area contributed by atoms with Gasteiger partial charge in [0.15, 0.2) is 0 Å². The van der Waals surface area contributed by atoms with Gasteiger partial charge in [-0.1, -0.05) is 38.5 Å². The van der Waals surface area contributed by atoms with E-state index in [9.17, 15) is 0 Å². The van der Waals surface area contributed by atoms with E-state index < -0.39 is 0 Å². The highest BCUT2D eigenvalue weighted by Gasteiger charge is 2.30. The first-order chi connectivity index (χ1) is 9.92. The lowest BCUT2D eigenvalue weighted by Crippen LogP contribution is -2.43. The summed E-state index contributed by atoms with van der Waals surface area (Å²) in [6.07, 6.45) is 16.1. The van der Waals surface area contributed by atoms with Crippen LogP contribution < -0.4 is 5.32 Å². The average molecular weight is 278 g/mol. The second-order valence-electron chi connectivity index (χ2n) is 7.54. The molecule has 0 aromatic rings. The summed E-state index contributed by atoms with van der Waals surface area (Å²) in [6.45, 7) is 5.37. The van der Waals surface area contributed by atoms with Gasteiger partial charge in [0, 0.05) is 12.6 Å². The number of piperidine rings is 1. The van der Waals surface area contributed by atoms with Crippen LogP contribution in [-0.4, -0.2) is 37.1 Å². The van der Waals surface area contributed by atoms with Gasteiger partial charge in [-0.2, -0.15) is 0 Å². The predicted octanol–water partition coefficient (Wildman–Crippen LogP) is 3.81. The van der Waals surface area contributed by atoms with Gasteiger partial charge in [-0.05, 0) is 63.6 Å². The van der Waals surface area contributed by atoms with E-state index in [-0.39, 0.29) is 0 Å². The fraction of sp³-hybridized carbons (Fsp3) is 1.00. The van der Waals surface area contributed by atoms with Crippen molar-refractivity contribution in [3.05, 3.63) is 0 Å². The molecule has 2 atom stereocenters.